The molecule has 1 fully saturated rings. The molecule has 1 amide bonds. The van der Waals surface area contributed by atoms with Gasteiger partial charge in [0, 0.05) is 18.0 Å². The van der Waals surface area contributed by atoms with Crippen molar-refractivity contribution >= 4 is 16.7 Å². The standard InChI is InChI=1S/C21H21N3O2/c25-20(15-24-21(26)19-11-5-4-9-17(19)14-22-24)23-12-6-10-18(23)13-16-7-2-1-3-8-16/h1-5,7-9,11,14,18H,6,10,12-13,15H2. The largest absolute Gasteiger partial charge is 0.338 e. The quantitative estimate of drug-likeness (QED) is 0.729. The van der Waals surface area contributed by atoms with Crippen LogP contribution in [0.3, 0.4) is 0 Å². The van der Waals surface area contributed by atoms with Gasteiger partial charge in [-0.3, -0.25) is 9.59 Å². The zero-order valence-corrected chi connectivity index (χ0v) is 14.5. The average Bonchev–Trinajstić information content (AvgIpc) is 3.13. The van der Waals surface area contributed by atoms with Crippen LogP contribution in [0.1, 0.15) is 18.4 Å². The molecule has 1 atom stereocenters. The smallest absolute Gasteiger partial charge is 0.275 e. The molecule has 0 spiro atoms. The van der Waals surface area contributed by atoms with Crippen LogP contribution in [0.5, 0.6) is 0 Å². The van der Waals surface area contributed by atoms with E-state index < -0.39 is 0 Å². The van der Waals surface area contributed by atoms with E-state index in [2.05, 4.69) is 17.2 Å². The van der Waals surface area contributed by atoms with E-state index >= 15 is 0 Å². The van der Waals surface area contributed by atoms with Crippen LogP contribution in [0, 0.1) is 0 Å². The minimum absolute atomic E-state index is 0.00500. The second-order valence-corrected chi connectivity index (χ2v) is 6.77. The van der Waals surface area contributed by atoms with Gasteiger partial charge in [0.2, 0.25) is 5.91 Å². The van der Waals surface area contributed by atoms with E-state index in [0.29, 0.717) is 5.39 Å². The monoisotopic (exact) mass is 347 g/mol. The predicted molar refractivity (Wildman–Crippen MR) is 101 cm³/mol. The van der Waals surface area contributed by atoms with Crippen LogP contribution in [0.2, 0.25) is 0 Å². The minimum atomic E-state index is -0.213. The molecule has 0 bridgehead atoms. The number of benzene rings is 2. The highest BCUT2D eigenvalue weighted by Gasteiger charge is 2.29. The number of likely N-dealkylation sites (tertiary alicyclic amines) is 1. The molecule has 4 rings (SSSR count). The summed E-state index contributed by atoms with van der Waals surface area (Å²) in [6, 6.07) is 17.8. The molecule has 1 saturated heterocycles. The molecule has 5 heteroatoms. The highest BCUT2D eigenvalue weighted by Crippen LogP contribution is 2.21. The van der Waals surface area contributed by atoms with Crippen LogP contribution in [-0.4, -0.2) is 33.2 Å². The van der Waals surface area contributed by atoms with Gasteiger partial charge in [-0.15, -0.1) is 0 Å². The molecule has 2 heterocycles. The summed E-state index contributed by atoms with van der Waals surface area (Å²) in [6.07, 6.45) is 4.51. The van der Waals surface area contributed by atoms with Crippen LogP contribution in [0.25, 0.3) is 10.8 Å². The number of nitrogens with zero attached hydrogens (tertiary/aromatic N) is 3. The van der Waals surface area contributed by atoms with Gasteiger partial charge < -0.3 is 4.90 Å². The Kier molecular flexibility index (Phi) is 4.52. The summed E-state index contributed by atoms with van der Waals surface area (Å²) in [6.45, 7) is 0.744. The maximum Gasteiger partial charge on any atom is 0.275 e. The molecule has 0 aliphatic carbocycles. The molecule has 0 N–H and O–H groups in total. The Bertz CT molecular complexity index is 981. The fourth-order valence-electron chi connectivity index (χ4n) is 3.72. The van der Waals surface area contributed by atoms with E-state index in [1.807, 2.05) is 41.3 Å². The maximum atomic E-state index is 12.8. The SMILES string of the molecule is O=C(Cn1ncc2ccccc2c1=O)N1CCCC1Cc1ccccc1. The minimum Gasteiger partial charge on any atom is -0.338 e. The second-order valence-electron chi connectivity index (χ2n) is 6.77. The number of carbonyl (C=O) groups excluding carboxylic acids is 1. The molecule has 5 nitrogen and oxygen atoms in total. The highest BCUT2D eigenvalue weighted by molar-refractivity contribution is 5.81. The number of hydrogen-bond donors (Lipinski definition) is 0. The molecule has 1 aromatic heterocycles. The van der Waals surface area contributed by atoms with Crippen LogP contribution < -0.4 is 5.56 Å². The van der Waals surface area contributed by atoms with Gasteiger partial charge in [-0.2, -0.15) is 5.10 Å². The first-order chi connectivity index (χ1) is 12.7. The molecule has 0 radical (unpaired) electrons. The molecule has 132 valence electrons. The average molecular weight is 347 g/mol. The topological polar surface area (TPSA) is 55.2 Å². The molecule has 1 aliphatic heterocycles. The van der Waals surface area contributed by atoms with Crippen LogP contribution in [-0.2, 0) is 17.8 Å². The van der Waals surface area contributed by atoms with Crippen molar-refractivity contribution in [3.63, 3.8) is 0 Å². The number of rotatable bonds is 4. The third-order valence-electron chi connectivity index (χ3n) is 5.06. The number of amides is 1. The number of hydrogen-bond acceptors (Lipinski definition) is 3. The molecule has 3 aromatic rings. The third kappa shape index (κ3) is 3.25. The summed E-state index contributed by atoms with van der Waals surface area (Å²) in [4.78, 5) is 27.3. The van der Waals surface area contributed by atoms with Crippen molar-refractivity contribution in [2.45, 2.75) is 31.8 Å². The third-order valence-corrected chi connectivity index (χ3v) is 5.06. The van der Waals surface area contributed by atoms with Crippen LogP contribution >= 0.6 is 0 Å². The predicted octanol–water partition coefficient (Wildman–Crippen LogP) is 2.63. The van der Waals surface area contributed by atoms with E-state index in [-0.39, 0.29) is 24.1 Å². The number of aromatic nitrogens is 2. The summed E-state index contributed by atoms with van der Waals surface area (Å²) < 4.78 is 1.28. The summed E-state index contributed by atoms with van der Waals surface area (Å²) in [5.74, 6) is -0.0340. The summed E-state index contributed by atoms with van der Waals surface area (Å²) in [7, 11) is 0. The first-order valence-electron chi connectivity index (χ1n) is 9.00. The first kappa shape index (κ1) is 16.5. The van der Waals surface area contributed by atoms with Crippen molar-refractivity contribution < 1.29 is 4.79 Å². The molecular weight excluding hydrogens is 326 g/mol. The van der Waals surface area contributed by atoms with Crippen molar-refractivity contribution in [3.8, 4) is 0 Å². The zero-order valence-electron chi connectivity index (χ0n) is 14.5. The lowest BCUT2D eigenvalue weighted by Crippen LogP contribution is -2.41. The Morgan fingerprint density at radius 3 is 2.69 bits per heavy atom. The van der Waals surface area contributed by atoms with Crippen molar-refractivity contribution in [2.75, 3.05) is 6.54 Å². The summed E-state index contributed by atoms with van der Waals surface area (Å²) in [5, 5.41) is 5.57. The zero-order chi connectivity index (χ0) is 17.9. The van der Waals surface area contributed by atoms with Gasteiger partial charge in [0.05, 0.1) is 11.6 Å². The molecular formula is C21H21N3O2. The van der Waals surface area contributed by atoms with Gasteiger partial charge in [-0.05, 0) is 30.9 Å². The Morgan fingerprint density at radius 1 is 1.08 bits per heavy atom. The lowest BCUT2D eigenvalue weighted by atomic mass is 10.0. The number of fused-ring (bicyclic) bond motifs is 1. The van der Waals surface area contributed by atoms with E-state index in [1.165, 1.54) is 10.2 Å². The molecule has 1 aliphatic rings. The summed E-state index contributed by atoms with van der Waals surface area (Å²) >= 11 is 0. The van der Waals surface area contributed by atoms with Gasteiger partial charge in [0.1, 0.15) is 6.54 Å². The van der Waals surface area contributed by atoms with E-state index in [4.69, 9.17) is 0 Å². The Labute approximate surface area is 151 Å². The molecule has 26 heavy (non-hydrogen) atoms. The second kappa shape index (κ2) is 7.12. The van der Waals surface area contributed by atoms with E-state index in [9.17, 15) is 9.59 Å². The highest BCUT2D eigenvalue weighted by atomic mass is 16.2. The van der Waals surface area contributed by atoms with E-state index in [0.717, 1.165) is 31.2 Å². The Balaban J connectivity index is 1.52. The van der Waals surface area contributed by atoms with Crippen LogP contribution in [0.15, 0.2) is 65.6 Å². The van der Waals surface area contributed by atoms with Gasteiger partial charge in [0.25, 0.3) is 5.56 Å². The van der Waals surface area contributed by atoms with Crippen molar-refractivity contribution in [2.24, 2.45) is 0 Å². The normalized spacial score (nSPS) is 16.9. The van der Waals surface area contributed by atoms with E-state index in [1.54, 1.807) is 12.3 Å². The Morgan fingerprint density at radius 2 is 1.85 bits per heavy atom. The van der Waals surface area contributed by atoms with Gasteiger partial charge in [-0.25, -0.2) is 4.68 Å². The fourth-order valence-corrected chi connectivity index (χ4v) is 3.72. The molecule has 0 saturated carbocycles. The Hall–Kier alpha value is -2.95. The molecule has 2 aromatic carbocycles. The van der Waals surface area contributed by atoms with Crippen molar-refractivity contribution in [3.05, 3.63) is 76.7 Å². The maximum absolute atomic E-state index is 12.8. The lowest BCUT2D eigenvalue weighted by Gasteiger charge is -2.25. The number of carbonyl (C=O) groups is 1. The first-order valence-corrected chi connectivity index (χ1v) is 9.00. The summed E-state index contributed by atoms with van der Waals surface area (Å²) in [5.41, 5.74) is 1.02. The lowest BCUT2D eigenvalue weighted by molar-refractivity contribution is -0.132. The van der Waals surface area contributed by atoms with Gasteiger partial charge >= 0.3 is 0 Å². The fraction of sp³-hybridized carbons (Fsp3) is 0.286. The van der Waals surface area contributed by atoms with Crippen molar-refractivity contribution in [1.82, 2.24) is 14.7 Å². The van der Waals surface area contributed by atoms with Crippen LogP contribution in [0.4, 0.5) is 0 Å². The molecule has 1 unspecified atom stereocenters. The van der Waals surface area contributed by atoms with Gasteiger partial charge in [0.15, 0.2) is 0 Å². The van der Waals surface area contributed by atoms with Crippen molar-refractivity contribution in [1.29, 1.82) is 0 Å². The van der Waals surface area contributed by atoms with Gasteiger partial charge in [-0.1, -0.05) is 48.5 Å².